The molecular formula is C19H11N3O2. The Morgan fingerprint density at radius 2 is 1.67 bits per heavy atom. The number of aryl methyl sites for hydroxylation is 1. The van der Waals surface area contributed by atoms with E-state index in [1.54, 1.807) is 36.4 Å². The van der Waals surface area contributed by atoms with Crippen LogP contribution in [-0.4, -0.2) is 15.6 Å². The number of hydrogen-bond donors (Lipinski definition) is 0. The Hall–Kier alpha value is -3.52. The van der Waals surface area contributed by atoms with Gasteiger partial charge in [-0.25, -0.2) is 0 Å². The van der Waals surface area contributed by atoms with Gasteiger partial charge in [0.1, 0.15) is 17.3 Å². The summed E-state index contributed by atoms with van der Waals surface area (Å²) in [6.45, 7) is 1.93. The van der Waals surface area contributed by atoms with Crippen molar-refractivity contribution >= 4 is 5.78 Å². The fourth-order valence-corrected chi connectivity index (χ4v) is 2.94. The van der Waals surface area contributed by atoms with Crippen molar-refractivity contribution in [2.24, 2.45) is 0 Å². The predicted octanol–water partition coefficient (Wildman–Crippen LogP) is 2.62. The van der Waals surface area contributed by atoms with Crippen molar-refractivity contribution in [2.75, 3.05) is 0 Å². The van der Waals surface area contributed by atoms with Crippen molar-refractivity contribution < 1.29 is 4.79 Å². The standard InChI is InChI=1S/C19H11N3O2/c1-11-6-8-12(9-7-11)22-19(24)15(10-20)16-13-4-2-3-5-14(13)18(23)17(16)21-22/h2-9H,1H3. The first-order valence-corrected chi connectivity index (χ1v) is 7.40. The largest absolute Gasteiger partial charge is 0.290 e. The third kappa shape index (κ3) is 1.83. The summed E-state index contributed by atoms with van der Waals surface area (Å²) in [6, 6.07) is 16.1. The van der Waals surface area contributed by atoms with Crippen LogP contribution in [0.15, 0.2) is 53.3 Å². The van der Waals surface area contributed by atoms with E-state index < -0.39 is 5.56 Å². The zero-order valence-electron chi connectivity index (χ0n) is 12.8. The van der Waals surface area contributed by atoms with Gasteiger partial charge in [0.15, 0.2) is 0 Å². The van der Waals surface area contributed by atoms with E-state index in [9.17, 15) is 14.9 Å². The second kappa shape index (κ2) is 5.00. The van der Waals surface area contributed by atoms with Gasteiger partial charge >= 0.3 is 0 Å². The van der Waals surface area contributed by atoms with Crippen LogP contribution in [-0.2, 0) is 0 Å². The van der Waals surface area contributed by atoms with E-state index in [1.807, 2.05) is 25.1 Å². The molecule has 24 heavy (non-hydrogen) atoms. The van der Waals surface area contributed by atoms with Gasteiger partial charge in [-0.1, -0.05) is 42.0 Å². The molecule has 0 aliphatic heterocycles. The molecule has 0 saturated heterocycles. The van der Waals surface area contributed by atoms with Gasteiger partial charge in [0.2, 0.25) is 5.78 Å². The Labute approximate surface area is 137 Å². The van der Waals surface area contributed by atoms with E-state index >= 15 is 0 Å². The molecule has 0 unspecified atom stereocenters. The van der Waals surface area contributed by atoms with Crippen LogP contribution < -0.4 is 5.56 Å². The number of carbonyl (C=O) groups is 1. The maximum absolute atomic E-state index is 12.7. The SMILES string of the molecule is Cc1ccc(-n2nc3c(c(C#N)c2=O)-c2ccccc2C3=O)cc1. The van der Waals surface area contributed by atoms with E-state index in [1.165, 1.54) is 0 Å². The van der Waals surface area contributed by atoms with Gasteiger partial charge in [0.05, 0.1) is 5.69 Å². The molecule has 0 fully saturated rings. The highest BCUT2D eigenvalue weighted by Crippen LogP contribution is 2.36. The van der Waals surface area contributed by atoms with E-state index in [0.717, 1.165) is 10.2 Å². The van der Waals surface area contributed by atoms with E-state index in [-0.39, 0.29) is 17.0 Å². The molecule has 0 spiro atoms. The van der Waals surface area contributed by atoms with E-state index in [4.69, 9.17) is 0 Å². The van der Waals surface area contributed by atoms with Gasteiger partial charge in [-0.05, 0) is 24.6 Å². The van der Waals surface area contributed by atoms with Crippen LogP contribution in [0, 0.1) is 18.3 Å². The minimum atomic E-state index is -0.524. The summed E-state index contributed by atoms with van der Waals surface area (Å²) >= 11 is 0. The third-order valence-corrected chi connectivity index (χ3v) is 4.14. The molecule has 0 saturated carbocycles. The fourth-order valence-electron chi connectivity index (χ4n) is 2.94. The lowest BCUT2D eigenvalue weighted by atomic mass is 10.0. The van der Waals surface area contributed by atoms with Crippen molar-refractivity contribution in [1.82, 2.24) is 9.78 Å². The average Bonchev–Trinajstić information content (AvgIpc) is 2.88. The fraction of sp³-hybridized carbons (Fsp3) is 0.0526. The number of hydrogen-bond acceptors (Lipinski definition) is 4. The lowest BCUT2D eigenvalue weighted by molar-refractivity contribution is 0.103. The molecule has 1 heterocycles. The van der Waals surface area contributed by atoms with Gasteiger partial charge < -0.3 is 0 Å². The van der Waals surface area contributed by atoms with Crippen LogP contribution in [0.4, 0.5) is 0 Å². The zero-order valence-corrected chi connectivity index (χ0v) is 12.8. The molecule has 0 atom stereocenters. The second-order valence-electron chi connectivity index (χ2n) is 5.64. The van der Waals surface area contributed by atoms with Crippen molar-refractivity contribution in [3.63, 3.8) is 0 Å². The lowest BCUT2D eigenvalue weighted by Gasteiger charge is -2.08. The van der Waals surface area contributed by atoms with E-state index in [0.29, 0.717) is 22.4 Å². The number of aromatic nitrogens is 2. The summed E-state index contributed by atoms with van der Waals surface area (Å²) in [5, 5.41) is 13.8. The summed E-state index contributed by atoms with van der Waals surface area (Å²) in [4.78, 5) is 25.3. The van der Waals surface area contributed by atoms with Gasteiger partial charge in [0.25, 0.3) is 5.56 Å². The summed E-state index contributed by atoms with van der Waals surface area (Å²) in [5.74, 6) is -0.266. The molecule has 3 aromatic rings. The molecule has 0 N–H and O–H groups in total. The summed E-state index contributed by atoms with van der Waals surface area (Å²) in [7, 11) is 0. The Morgan fingerprint density at radius 3 is 2.33 bits per heavy atom. The van der Waals surface area contributed by atoms with Gasteiger partial charge in [-0.3, -0.25) is 9.59 Å². The van der Waals surface area contributed by atoms with Crippen LogP contribution in [0.1, 0.15) is 27.2 Å². The molecule has 1 aromatic heterocycles. The summed E-state index contributed by atoms with van der Waals surface area (Å²) < 4.78 is 1.13. The Morgan fingerprint density at radius 1 is 1.00 bits per heavy atom. The highest BCUT2D eigenvalue weighted by atomic mass is 16.1. The maximum Gasteiger partial charge on any atom is 0.290 e. The van der Waals surface area contributed by atoms with Crippen molar-refractivity contribution in [3.8, 4) is 22.9 Å². The molecule has 114 valence electrons. The highest BCUT2D eigenvalue weighted by Gasteiger charge is 2.33. The van der Waals surface area contributed by atoms with Crippen molar-refractivity contribution in [3.05, 3.63) is 81.3 Å². The van der Waals surface area contributed by atoms with Crippen LogP contribution >= 0.6 is 0 Å². The van der Waals surface area contributed by atoms with Crippen molar-refractivity contribution in [2.45, 2.75) is 6.92 Å². The van der Waals surface area contributed by atoms with E-state index in [2.05, 4.69) is 5.10 Å². The van der Waals surface area contributed by atoms with Crippen LogP contribution in [0.5, 0.6) is 0 Å². The molecule has 5 heteroatoms. The molecule has 0 bridgehead atoms. The molecule has 4 rings (SSSR count). The normalized spacial score (nSPS) is 11.8. The monoisotopic (exact) mass is 313 g/mol. The zero-order chi connectivity index (χ0) is 16.8. The molecule has 1 aliphatic carbocycles. The predicted molar refractivity (Wildman–Crippen MR) is 88.2 cm³/mol. The first kappa shape index (κ1) is 14.1. The second-order valence-corrected chi connectivity index (χ2v) is 5.64. The molecule has 5 nitrogen and oxygen atoms in total. The molecular weight excluding hydrogens is 302 g/mol. The van der Waals surface area contributed by atoms with Gasteiger partial charge in [-0.2, -0.15) is 15.0 Å². The number of carbonyl (C=O) groups excluding carboxylic acids is 1. The molecule has 1 aliphatic rings. The smallest absolute Gasteiger partial charge is 0.287 e. The number of ketones is 1. The average molecular weight is 313 g/mol. The number of fused-ring (bicyclic) bond motifs is 3. The number of benzene rings is 2. The summed E-state index contributed by atoms with van der Waals surface area (Å²) in [6.07, 6.45) is 0. The summed E-state index contributed by atoms with van der Waals surface area (Å²) in [5.41, 5.74) is 2.53. The van der Waals surface area contributed by atoms with Gasteiger partial charge in [-0.15, -0.1) is 0 Å². The maximum atomic E-state index is 12.7. The first-order chi connectivity index (χ1) is 11.6. The van der Waals surface area contributed by atoms with Crippen LogP contribution in [0.25, 0.3) is 16.8 Å². The Balaban J connectivity index is 2.07. The lowest BCUT2D eigenvalue weighted by Crippen LogP contribution is -2.26. The topological polar surface area (TPSA) is 75.8 Å². The number of nitriles is 1. The highest BCUT2D eigenvalue weighted by molar-refractivity contribution is 6.21. The Bertz CT molecular complexity index is 1100. The van der Waals surface area contributed by atoms with Gasteiger partial charge in [0, 0.05) is 11.1 Å². The molecule has 2 aromatic carbocycles. The first-order valence-electron chi connectivity index (χ1n) is 7.40. The van der Waals surface area contributed by atoms with Crippen LogP contribution in [0.2, 0.25) is 0 Å². The van der Waals surface area contributed by atoms with Crippen molar-refractivity contribution in [1.29, 1.82) is 5.26 Å². The Kier molecular flexibility index (Phi) is 2.94. The third-order valence-electron chi connectivity index (χ3n) is 4.14. The van der Waals surface area contributed by atoms with Crippen LogP contribution in [0.3, 0.4) is 0 Å². The quantitative estimate of drug-likeness (QED) is 0.541. The molecule has 0 amide bonds. The number of rotatable bonds is 1. The number of nitrogens with zero attached hydrogens (tertiary/aromatic N) is 3. The minimum absolute atomic E-state index is 0.0566. The minimum Gasteiger partial charge on any atom is -0.287 e. The molecule has 0 radical (unpaired) electrons.